The Morgan fingerprint density at radius 2 is 1.90 bits per heavy atom. The first kappa shape index (κ1) is 14.4. The highest BCUT2D eigenvalue weighted by Gasteiger charge is 2.10. The van der Waals surface area contributed by atoms with E-state index in [0.29, 0.717) is 13.0 Å². The average molecular weight is 288 g/mol. The van der Waals surface area contributed by atoms with Crippen LogP contribution in [0.4, 0.5) is 5.69 Å². The van der Waals surface area contributed by atoms with Gasteiger partial charge in [-0.2, -0.15) is 0 Å². The molecule has 0 saturated carbocycles. The summed E-state index contributed by atoms with van der Waals surface area (Å²) < 4.78 is 1.31. The number of non-ortho nitro benzene ring substituents is 1. The summed E-state index contributed by atoms with van der Waals surface area (Å²) in [5.41, 5.74) is -0.00914. The molecule has 0 atom stereocenters. The first-order chi connectivity index (χ1) is 9.99. The summed E-state index contributed by atoms with van der Waals surface area (Å²) in [7, 11) is 0. The molecule has 1 N–H and O–H groups in total. The van der Waals surface area contributed by atoms with Gasteiger partial charge in [-0.25, -0.2) is 4.79 Å². The van der Waals surface area contributed by atoms with Gasteiger partial charge in [-0.1, -0.05) is 12.1 Å². The topological polar surface area (TPSA) is 102 Å². The van der Waals surface area contributed by atoms with E-state index in [0.717, 1.165) is 5.56 Å². The third kappa shape index (κ3) is 3.33. The number of aromatic nitrogens is 1. The zero-order valence-electron chi connectivity index (χ0n) is 10.9. The number of hydrogen-bond donors (Lipinski definition) is 1. The molecule has 1 aromatic heterocycles. The van der Waals surface area contributed by atoms with E-state index >= 15 is 0 Å². The molecule has 2 rings (SSSR count). The largest absolute Gasteiger partial charge is 0.477 e. The van der Waals surface area contributed by atoms with Crippen molar-refractivity contribution in [2.45, 2.75) is 13.0 Å². The lowest BCUT2D eigenvalue weighted by Crippen LogP contribution is -2.26. The van der Waals surface area contributed by atoms with E-state index < -0.39 is 16.5 Å². The maximum absolute atomic E-state index is 11.9. The van der Waals surface area contributed by atoms with Crippen LogP contribution in [0, 0.1) is 10.1 Å². The molecule has 0 fully saturated rings. The highest BCUT2D eigenvalue weighted by molar-refractivity contribution is 5.86. The molecule has 108 valence electrons. The third-order valence-electron chi connectivity index (χ3n) is 3.04. The highest BCUT2D eigenvalue weighted by Crippen LogP contribution is 2.12. The number of carbonyl (C=O) groups is 1. The fourth-order valence-electron chi connectivity index (χ4n) is 1.91. The Kier molecular flexibility index (Phi) is 4.13. The first-order valence-electron chi connectivity index (χ1n) is 6.15. The lowest BCUT2D eigenvalue weighted by atomic mass is 10.1. The number of benzene rings is 1. The van der Waals surface area contributed by atoms with Crippen LogP contribution >= 0.6 is 0 Å². The summed E-state index contributed by atoms with van der Waals surface area (Å²) >= 11 is 0. The van der Waals surface area contributed by atoms with Crippen LogP contribution in [-0.4, -0.2) is 20.6 Å². The molecule has 2 aromatic rings. The van der Waals surface area contributed by atoms with E-state index in [1.807, 2.05) is 0 Å². The van der Waals surface area contributed by atoms with Crippen molar-refractivity contribution < 1.29 is 14.8 Å². The Balaban J connectivity index is 2.13. The maximum Gasteiger partial charge on any atom is 0.341 e. The van der Waals surface area contributed by atoms with Crippen molar-refractivity contribution in [1.82, 2.24) is 4.57 Å². The summed E-state index contributed by atoms with van der Waals surface area (Å²) in [6.45, 7) is 0.303. The van der Waals surface area contributed by atoms with Gasteiger partial charge in [-0.05, 0) is 24.1 Å². The van der Waals surface area contributed by atoms with Crippen molar-refractivity contribution in [1.29, 1.82) is 0 Å². The maximum atomic E-state index is 11.9. The van der Waals surface area contributed by atoms with E-state index in [1.54, 1.807) is 12.1 Å². The molecule has 0 aliphatic heterocycles. The second-order valence-electron chi connectivity index (χ2n) is 4.40. The standard InChI is InChI=1S/C14H12N2O5/c17-13-12(14(18)19)2-1-8-15(13)9-7-10-3-5-11(6-4-10)16(20)21/h1-6,8H,7,9H2,(H,18,19). The summed E-state index contributed by atoms with van der Waals surface area (Å²) in [5, 5.41) is 19.4. The van der Waals surface area contributed by atoms with E-state index in [2.05, 4.69) is 0 Å². The molecule has 0 aliphatic rings. The van der Waals surface area contributed by atoms with Crippen LogP contribution in [0.5, 0.6) is 0 Å². The predicted octanol–water partition coefficient (Wildman–Crippen LogP) is 1.70. The number of nitro benzene ring substituents is 1. The van der Waals surface area contributed by atoms with E-state index in [4.69, 9.17) is 5.11 Å². The molecule has 7 nitrogen and oxygen atoms in total. The molecule has 0 spiro atoms. The van der Waals surface area contributed by atoms with Crippen LogP contribution < -0.4 is 5.56 Å². The van der Waals surface area contributed by atoms with Crippen molar-refractivity contribution >= 4 is 11.7 Å². The van der Waals surface area contributed by atoms with Gasteiger partial charge < -0.3 is 9.67 Å². The minimum atomic E-state index is -1.26. The molecule has 0 radical (unpaired) electrons. The highest BCUT2D eigenvalue weighted by atomic mass is 16.6. The van der Waals surface area contributed by atoms with Gasteiger partial charge in [0.2, 0.25) is 0 Å². The van der Waals surface area contributed by atoms with Crippen molar-refractivity contribution in [3.8, 4) is 0 Å². The summed E-state index contributed by atoms with van der Waals surface area (Å²) in [4.78, 5) is 32.8. The summed E-state index contributed by atoms with van der Waals surface area (Å²) in [5.74, 6) is -1.26. The minimum absolute atomic E-state index is 0.00351. The van der Waals surface area contributed by atoms with E-state index in [9.17, 15) is 19.7 Å². The van der Waals surface area contributed by atoms with Crippen LogP contribution in [0.1, 0.15) is 15.9 Å². The number of carboxylic acids is 1. The number of nitrogens with zero attached hydrogens (tertiary/aromatic N) is 2. The van der Waals surface area contributed by atoms with Crippen molar-refractivity contribution in [2.75, 3.05) is 0 Å². The summed E-state index contributed by atoms with van der Waals surface area (Å²) in [6, 6.07) is 8.78. The number of carboxylic acid groups (broad SMARTS) is 1. The quantitative estimate of drug-likeness (QED) is 0.666. The zero-order chi connectivity index (χ0) is 15.4. The van der Waals surface area contributed by atoms with Crippen molar-refractivity contribution in [3.63, 3.8) is 0 Å². The minimum Gasteiger partial charge on any atom is -0.477 e. The van der Waals surface area contributed by atoms with Crippen LogP contribution in [0.25, 0.3) is 0 Å². The summed E-state index contributed by atoms with van der Waals surface area (Å²) in [6.07, 6.45) is 1.99. The second-order valence-corrected chi connectivity index (χ2v) is 4.40. The fraction of sp³-hybridized carbons (Fsp3) is 0.143. The van der Waals surface area contributed by atoms with Gasteiger partial charge in [-0.3, -0.25) is 14.9 Å². The van der Waals surface area contributed by atoms with Gasteiger partial charge in [0.15, 0.2) is 0 Å². The van der Waals surface area contributed by atoms with Gasteiger partial charge in [0.25, 0.3) is 11.2 Å². The Labute approximate surface area is 119 Å². The number of aromatic carboxylic acids is 1. The molecule has 0 aliphatic carbocycles. The van der Waals surface area contributed by atoms with Gasteiger partial charge in [0, 0.05) is 24.9 Å². The fourth-order valence-corrected chi connectivity index (χ4v) is 1.91. The molecule has 21 heavy (non-hydrogen) atoms. The van der Waals surface area contributed by atoms with E-state index in [-0.39, 0.29) is 11.3 Å². The molecule has 0 amide bonds. The SMILES string of the molecule is O=C(O)c1cccn(CCc2ccc([N+](=O)[O-])cc2)c1=O. The Morgan fingerprint density at radius 3 is 2.48 bits per heavy atom. The normalized spacial score (nSPS) is 10.3. The number of hydrogen-bond acceptors (Lipinski definition) is 4. The molecule has 1 aromatic carbocycles. The lowest BCUT2D eigenvalue weighted by molar-refractivity contribution is -0.384. The molecule has 1 heterocycles. The molecule has 0 unspecified atom stereocenters. The molecule has 0 bridgehead atoms. The smallest absolute Gasteiger partial charge is 0.341 e. The third-order valence-corrected chi connectivity index (χ3v) is 3.04. The van der Waals surface area contributed by atoms with Gasteiger partial charge in [0.05, 0.1) is 4.92 Å². The van der Waals surface area contributed by atoms with Crippen LogP contribution in [0.15, 0.2) is 47.4 Å². The molecule has 0 saturated heterocycles. The molecular weight excluding hydrogens is 276 g/mol. The Morgan fingerprint density at radius 1 is 1.24 bits per heavy atom. The number of nitro groups is 1. The average Bonchev–Trinajstić information content (AvgIpc) is 2.46. The van der Waals surface area contributed by atoms with Crippen LogP contribution in [0.2, 0.25) is 0 Å². The molecular formula is C14H12N2O5. The van der Waals surface area contributed by atoms with Gasteiger partial charge in [0.1, 0.15) is 5.56 Å². The first-order valence-corrected chi connectivity index (χ1v) is 6.15. The van der Waals surface area contributed by atoms with Gasteiger partial charge >= 0.3 is 5.97 Å². The number of aryl methyl sites for hydroxylation is 2. The van der Waals surface area contributed by atoms with Gasteiger partial charge in [-0.15, -0.1) is 0 Å². The monoisotopic (exact) mass is 288 g/mol. The van der Waals surface area contributed by atoms with Crippen LogP contribution in [-0.2, 0) is 13.0 Å². The zero-order valence-corrected chi connectivity index (χ0v) is 10.9. The Hall–Kier alpha value is -2.96. The molecule has 7 heteroatoms. The van der Waals surface area contributed by atoms with E-state index in [1.165, 1.54) is 35.0 Å². The second kappa shape index (κ2) is 6.00. The predicted molar refractivity (Wildman–Crippen MR) is 74.5 cm³/mol. The number of rotatable bonds is 5. The van der Waals surface area contributed by atoms with Crippen LogP contribution in [0.3, 0.4) is 0 Å². The van der Waals surface area contributed by atoms with Crippen molar-refractivity contribution in [2.24, 2.45) is 0 Å². The lowest BCUT2D eigenvalue weighted by Gasteiger charge is -2.06. The van der Waals surface area contributed by atoms with Crippen molar-refractivity contribution in [3.05, 3.63) is 74.2 Å². The Bertz CT molecular complexity index is 734. The number of pyridine rings is 1.